The Kier molecular flexibility index (Phi) is 5.56. The number of amides is 1. The zero-order chi connectivity index (χ0) is 19.6. The maximum absolute atomic E-state index is 12.4. The minimum atomic E-state index is -0.0683. The molecule has 0 saturated heterocycles. The molecule has 3 aromatic rings. The van der Waals surface area contributed by atoms with Crippen molar-refractivity contribution in [2.45, 2.75) is 40.5 Å². The van der Waals surface area contributed by atoms with E-state index in [9.17, 15) is 4.79 Å². The summed E-state index contributed by atoms with van der Waals surface area (Å²) in [6.07, 6.45) is 2.91. The summed E-state index contributed by atoms with van der Waals surface area (Å²) >= 11 is 1.49. The number of aryl methyl sites for hydroxylation is 2. The Morgan fingerprint density at radius 2 is 2.07 bits per heavy atom. The van der Waals surface area contributed by atoms with Gasteiger partial charge in [-0.05, 0) is 51.3 Å². The van der Waals surface area contributed by atoms with Crippen LogP contribution in [0.15, 0.2) is 36.2 Å². The van der Waals surface area contributed by atoms with E-state index in [1.165, 1.54) is 16.9 Å². The van der Waals surface area contributed by atoms with Gasteiger partial charge in [0.1, 0.15) is 0 Å². The number of carbonyl (C=O) groups is 1. The molecule has 0 aliphatic rings. The molecule has 1 N–H and O–H groups in total. The number of nitrogens with zero attached hydrogens (tertiary/aromatic N) is 3. The fraction of sp³-hybridized carbons (Fsp3) is 0.286. The first kappa shape index (κ1) is 19.0. The number of nitrogens with one attached hydrogen (secondary N) is 1. The number of benzene rings is 1. The van der Waals surface area contributed by atoms with Gasteiger partial charge in [-0.25, -0.2) is 9.67 Å². The lowest BCUT2D eigenvalue weighted by atomic mass is 10.1. The van der Waals surface area contributed by atoms with Crippen LogP contribution in [0.25, 0.3) is 5.13 Å². The van der Waals surface area contributed by atoms with E-state index in [0.29, 0.717) is 0 Å². The molecule has 0 saturated carbocycles. The summed E-state index contributed by atoms with van der Waals surface area (Å²) in [6.45, 7) is 11.9. The van der Waals surface area contributed by atoms with E-state index in [-0.39, 0.29) is 12.3 Å². The van der Waals surface area contributed by atoms with E-state index >= 15 is 0 Å². The average Bonchev–Trinajstić information content (AvgIpc) is 3.18. The highest BCUT2D eigenvalue weighted by Crippen LogP contribution is 2.22. The molecule has 0 aliphatic heterocycles. The highest BCUT2D eigenvalue weighted by Gasteiger charge is 2.15. The zero-order valence-electron chi connectivity index (χ0n) is 16.2. The van der Waals surface area contributed by atoms with E-state index in [1.807, 2.05) is 62.0 Å². The molecule has 2 aromatic heterocycles. The molecule has 1 amide bonds. The number of hydrogen-bond donors (Lipinski definition) is 1. The fourth-order valence-corrected chi connectivity index (χ4v) is 3.85. The van der Waals surface area contributed by atoms with Gasteiger partial charge in [0.05, 0.1) is 17.8 Å². The predicted molar refractivity (Wildman–Crippen MR) is 111 cm³/mol. The van der Waals surface area contributed by atoms with Gasteiger partial charge < -0.3 is 5.32 Å². The van der Waals surface area contributed by atoms with Gasteiger partial charge in [0.15, 0.2) is 0 Å². The van der Waals surface area contributed by atoms with Gasteiger partial charge >= 0.3 is 0 Å². The number of allylic oxidation sites excluding steroid dienone is 1. The van der Waals surface area contributed by atoms with Crippen molar-refractivity contribution in [2.24, 2.45) is 0 Å². The van der Waals surface area contributed by atoms with Crippen LogP contribution < -0.4 is 5.32 Å². The monoisotopic (exact) mass is 380 g/mol. The van der Waals surface area contributed by atoms with Crippen LogP contribution in [0.2, 0.25) is 0 Å². The highest BCUT2D eigenvalue weighted by molar-refractivity contribution is 7.12. The lowest BCUT2D eigenvalue weighted by molar-refractivity contribution is -0.115. The molecule has 140 valence electrons. The molecule has 27 heavy (non-hydrogen) atoms. The molecule has 0 bridgehead atoms. The predicted octanol–water partition coefficient (Wildman–Crippen LogP) is 4.47. The molecule has 0 atom stereocenters. The van der Waals surface area contributed by atoms with Crippen molar-refractivity contribution in [3.63, 3.8) is 0 Å². The Morgan fingerprint density at radius 1 is 1.30 bits per heavy atom. The van der Waals surface area contributed by atoms with Gasteiger partial charge in [0.25, 0.3) is 0 Å². The number of thiazole rings is 1. The molecule has 0 spiro atoms. The van der Waals surface area contributed by atoms with Crippen molar-refractivity contribution in [2.75, 3.05) is 5.32 Å². The molecule has 3 rings (SSSR count). The van der Waals surface area contributed by atoms with Crippen molar-refractivity contribution in [3.8, 4) is 5.13 Å². The first-order valence-electron chi connectivity index (χ1n) is 8.87. The quantitative estimate of drug-likeness (QED) is 0.642. The van der Waals surface area contributed by atoms with Crippen LogP contribution in [0.5, 0.6) is 0 Å². The van der Waals surface area contributed by atoms with Gasteiger partial charge in [-0.15, -0.1) is 17.9 Å². The Labute approximate surface area is 163 Å². The molecule has 0 fully saturated rings. The van der Waals surface area contributed by atoms with Crippen molar-refractivity contribution in [1.29, 1.82) is 0 Å². The minimum absolute atomic E-state index is 0.0683. The number of aromatic nitrogens is 3. The van der Waals surface area contributed by atoms with Crippen LogP contribution in [0.4, 0.5) is 5.69 Å². The summed E-state index contributed by atoms with van der Waals surface area (Å²) in [5.41, 5.74) is 7.06. The van der Waals surface area contributed by atoms with Gasteiger partial charge in [0, 0.05) is 22.3 Å². The van der Waals surface area contributed by atoms with Gasteiger partial charge in [0.2, 0.25) is 11.0 Å². The molecule has 0 aliphatic carbocycles. The maximum Gasteiger partial charge on any atom is 0.230 e. The van der Waals surface area contributed by atoms with E-state index in [2.05, 4.69) is 22.0 Å². The Balaban J connectivity index is 1.75. The van der Waals surface area contributed by atoms with Crippen LogP contribution >= 0.6 is 11.3 Å². The smallest absolute Gasteiger partial charge is 0.230 e. The topological polar surface area (TPSA) is 59.8 Å². The SMILES string of the molecule is C=CCc1c(C)nn(-c2nc(CC(=O)Nc3cccc(C)c3C)cs2)c1C. The second kappa shape index (κ2) is 7.88. The van der Waals surface area contributed by atoms with Crippen LogP contribution in [0.3, 0.4) is 0 Å². The van der Waals surface area contributed by atoms with Crippen molar-refractivity contribution in [1.82, 2.24) is 14.8 Å². The maximum atomic E-state index is 12.4. The second-order valence-corrected chi connectivity index (χ2v) is 7.48. The normalized spacial score (nSPS) is 10.8. The van der Waals surface area contributed by atoms with Gasteiger partial charge in [-0.3, -0.25) is 4.79 Å². The molecule has 0 radical (unpaired) electrons. The third-order valence-corrected chi connectivity index (χ3v) is 5.60. The largest absolute Gasteiger partial charge is 0.325 e. The van der Waals surface area contributed by atoms with Crippen molar-refractivity contribution >= 4 is 22.9 Å². The summed E-state index contributed by atoms with van der Waals surface area (Å²) in [7, 11) is 0. The molecule has 6 heteroatoms. The third kappa shape index (κ3) is 4.01. The lowest BCUT2D eigenvalue weighted by Gasteiger charge is -2.09. The molecular formula is C21H24N4OS. The summed E-state index contributed by atoms with van der Waals surface area (Å²) in [5, 5.41) is 10.3. The van der Waals surface area contributed by atoms with Gasteiger partial charge in [-0.2, -0.15) is 5.10 Å². The van der Waals surface area contributed by atoms with E-state index in [4.69, 9.17) is 0 Å². The van der Waals surface area contributed by atoms with E-state index in [1.54, 1.807) is 0 Å². The van der Waals surface area contributed by atoms with Crippen LogP contribution in [-0.2, 0) is 17.6 Å². The Bertz CT molecular complexity index is 1000. The van der Waals surface area contributed by atoms with Crippen LogP contribution in [-0.4, -0.2) is 20.7 Å². The summed E-state index contributed by atoms with van der Waals surface area (Å²) in [5.74, 6) is -0.0683. The molecular weight excluding hydrogens is 356 g/mol. The zero-order valence-corrected chi connectivity index (χ0v) is 17.0. The summed E-state index contributed by atoms with van der Waals surface area (Å²) in [6, 6.07) is 5.90. The molecule has 5 nitrogen and oxygen atoms in total. The average molecular weight is 381 g/mol. The Hall–Kier alpha value is -2.73. The van der Waals surface area contributed by atoms with Crippen LogP contribution in [0.1, 0.15) is 33.8 Å². The minimum Gasteiger partial charge on any atom is -0.325 e. The van der Waals surface area contributed by atoms with Crippen molar-refractivity contribution in [3.05, 3.63) is 70.0 Å². The molecule has 2 heterocycles. The first-order valence-corrected chi connectivity index (χ1v) is 9.75. The van der Waals surface area contributed by atoms with Crippen LogP contribution in [0, 0.1) is 27.7 Å². The second-order valence-electron chi connectivity index (χ2n) is 6.65. The number of anilines is 1. The van der Waals surface area contributed by atoms with Gasteiger partial charge in [-0.1, -0.05) is 18.2 Å². The number of rotatable bonds is 6. The summed E-state index contributed by atoms with van der Waals surface area (Å²) in [4.78, 5) is 17.0. The van der Waals surface area contributed by atoms with E-state index < -0.39 is 0 Å². The lowest BCUT2D eigenvalue weighted by Crippen LogP contribution is -2.15. The highest BCUT2D eigenvalue weighted by atomic mass is 32.1. The Morgan fingerprint density at radius 3 is 2.81 bits per heavy atom. The number of carbonyl (C=O) groups excluding carboxylic acids is 1. The molecule has 1 aromatic carbocycles. The standard InChI is InChI=1S/C21H24N4OS/c1-6-8-18-15(4)24-25(16(18)5)21-22-17(12-27-21)11-20(26)23-19-10-7-9-13(2)14(19)3/h6-7,9-10,12H,1,8,11H2,2-5H3,(H,23,26). The first-order chi connectivity index (χ1) is 12.9. The molecule has 0 unspecified atom stereocenters. The van der Waals surface area contributed by atoms with Crippen molar-refractivity contribution < 1.29 is 4.79 Å². The summed E-state index contributed by atoms with van der Waals surface area (Å²) < 4.78 is 1.85. The fourth-order valence-electron chi connectivity index (χ4n) is 3.02. The third-order valence-electron chi connectivity index (χ3n) is 4.73. The van der Waals surface area contributed by atoms with E-state index in [0.717, 1.165) is 45.4 Å². The number of hydrogen-bond acceptors (Lipinski definition) is 4.